The zero-order valence-electron chi connectivity index (χ0n) is 31.8. The van der Waals surface area contributed by atoms with Crippen molar-refractivity contribution in [1.29, 1.82) is 0 Å². The predicted molar refractivity (Wildman–Crippen MR) is 213 cm³/mol. The van der Waals surface area contributed by atoms with Crippen LogP contribution in [0.15, 0.2) is 91.0 Å². The Hall–Kier alpha value is -5.19. The highest BCUT2D eigenvalue weighted by molar-refractivity contribution is 6.05. The molecule has 4 aliphatic heterocycles. The van der Waals surface area contributed by atoms with Crippen LogP contribution in [0.1, 0.15) is 88.5 Å². The molecule has 56 heavy (non-hydrogen) atoms. The van der Waals surface area contributed by atoms with Crippen LogP contribution in [0.2, 0.25) is 0 Å². The standard InChI is InChI=1S/C46H50N4O6/c51-36-11-16-39-33(28-36)9-14-38(31-5-2-1-3-6-31)43(39)32-7-12-37(13-8-32)55-25-4-21-48-24-26-56-46(30-48)19-22-49(23-20-46)35-10-15-40-34(27-35)29-50(45(40)54)41-17-18-42(52)47-44(41)53/h1-3,5-8,10-13,15-16,27-28,38,41,43,51H,4,9,14,17-26,29-30H2,(H,47,52,53). The first kappa shape index (κ1) is 36.4. The number of phenolic OH excluding ortho intramolecular Hbond substituents is 1. The lowest BCUT2D eigenvalue weighted by Crippen LogP contribution is -2.57. The number of nitrogens with zero attached hydrogens (tertiary/aromatic N) is 3. The Morgan fingerprint density at radius 1 is 0.839 bits per heavy atom. The summed E-state index contributed by atoms with van der Waals surface area (Å²) in [5, 5.41) is 12.6. The number of amides is 3. The van der Waals surface area contributed by atoms with Crippen molar-refractivity contribution in [2.75, 3.05) is 50.8 Å². The number of anilines is 1. The number of hydrogen-bond donors (Lipinski definition) is 2. The van der Waals surface area contributed by atoms with Crippen LogP contribution >= 0.6 is 0 Å². The quantitative estimate of drug-likeness (QED) is 0.155. The van der Waals surface area contributed by atoms with Gasteiger partial charge < -0.3 is 24.4 Å². The van der Waals surface area contributed by atoms with E-state index in [1.54, 1.807) is 4.90 Å². The topological polar surface area (TPSA) is 112 Å². The predicted octanol–water partition coefficient (Wildman–Crippen LogP) is 6.16. The summed E-state index contributed by atoms with van der Waals surface area (Å²) in [6.45, 7) is 6.31. The number of phenols is 1. The fraction of sp³-hybridized carbons (Fsp3) is 0.413. The minimum Gasteiger partial charge on any atom is -0.508 e. The number of nitrogens with one attached hydrogen (secondary N) is 1. The number of aromatic hydroxyl groups is 1. The van der Waals surface area contributed by atoms with Gasteiger partial charge in [0.25, 0.3) is 5.91 Å². The number of benzene rings is 4. The molecule has 3 saturated heterocycles. The second-order valence-corrected chi connectivity index (χ2v) is 16.2. The van der Waals surface area contributed by atoms with Crippen LogP contribution in [-0.4, -0.2) is 90.2 Å². The van der Waals surface area contributed by atoms with E-state index < -0.39 is 6.04 Å². The molecule has 0 aromatic heterocycles. The van der Waals surface area contributed by atoms with Gasteiger partial charge in [0.2, 0.25) is 11.8 Å². The van der Waals surface area contributed by atoms with Gasteiger partial charge in [-0.05, 0) is 115 Å². The first-order chi connectivity index (χ1) is 27.3. The van der Waals surface area contributed by atoms with E-state index >= 15 is 0 Å². The average Bonchev–Trinajstić information content (AvgIpc) is 3.54. The van der Waals surface area contributed by atoms with Crippen molar-refractivity contribution < 1.29 is 29.0 Å². The molecule has 0 bridgehead atoms. The fourth-order valence-electron chi connectivity index (χ4n) is 9.87. The third kappa shape index (κ3) is 7.28. The number of carbonyl (C=O) groups is 3. The second-order valence-electron chi connectivity index (χ2n) is 16.2. The van der Waals surface area contributed by atoms with E-state index in [1.807, 2.05) is 24.3 Å². The number of ether oxygens (including phenoxy) is 2. The van der Waals surface area contributed by atoms with Crippen molar-refractivity contribution in [2.45, 2.75) is 75.0 Å². The highest BCUT2D eigenvalue weighted by Crippen LogP contribution is 2.47. The van der Waals surface area contributed by atoms with Gasteiger partial charge in [-0.15, -0.1) is 0 Å². The summed E-state index contributed by atoms with van der Waals surface area (Å²) < 4.78 is 12.8. The number of piperidine rings is 2. The zero-order chi connectivity index (χ0) is 38.2. The van der Waals surface area contributed by atoms with E-state index in [1.165, 1.54) is 22.3 Å². The lowest BCUT2D eigenvalue weighted by molar-refractivity contribution is -0.136. The number of fused-ring (bicyclic) bond motifs is 2. The van der Waals surface area contributed by atoms with Crippen LogP contribution in [0.3, 0.4) is 0 Å². The summed E-state index contributed by atoms with van der Waals surface area (Å²) >= 11 is 0. The molecule has 4 heterocycles. The highest BCUT2D eigenvalue weighted by Gasteiger charge is 2.42. The van der Waals surface area contributed by atoms with E-state index in [-0.39, 0.29) is 35.7 Å². The highest BCUT2D eigenvalue weighted by atomic mass is 16.5. The molecule has 10 nitrogen and oxygen atoms in total. The fourth-order valence-corrected chi connectivity index (χ4v) is 9.87. The lowest BCUT2D eigenvalue weighted by atomic mass is 9.69. The van der Waals surface area contributed by atoms with Gasteiger partial charge >= 0.3 is 0 Å². The van der Waals surface area contributed by atoms with E-state index in [0.717, 1.165) is 88.4 Å². The maximum Gasteiger partial charge on any atom is 0.255 e. The first-order valence-electron chi connectivity index (χ1n) is 20.3. The number of morpholine rings is 1. The van der Waals surface area contributed by atoms with E-state index in [0.29, 0.717) is 36.8 Å². The van der Waals surface area contributed by atoms with Gasteiger partial charge in [0.05, 0.1) is 18.8 Å². The Bertz CT molecular complexity index is 2100. The normalized spacial score (nSPS) is 23.5. The van der Waals surface area contributed by atoms with Crippen LogP contribution in [0, 0.1) is 0 Å². The first-order valence-corrected chi connectivity index (χ1v) is 20.3. The molecule has 2 N–H and O–H groups in total. The third-order valence-electron chi connectivity index (χ3n) is 12.8. The number of imide groups is 1. The SMILES string of the molecule is O=C1CCC(N2Cc3cc(N4CCC5(CC4)CN(CCCOc4ccc(C6c7ccc(O)cc7CCC6c6ccccc6)cc4)CCO5)ccc3C2=O)C(=O)N1. The van der Waals surface area contributed by atoms with Crippen LogP contribution in [0.5, 0.6) is 11.5 Å². The van der Waals surface area contributed by atoms with Crippen molar-refractivity contribution >= 4 is 23.4 Å². The van der Waals surface area contributed by atoms with Crippen LogP contribution in [0.4, 0.5) is 5.69 Å². The van der Waals surface area contributed by atoms with E-state index in [4.69, 9.17) is 9.47 Å². The molecule has 5 aliphatic rings. The Morgan fingerprint density at radius 2 is 1.66 bits per heavy atom. The molecular formula is C46H50N4O6. The average molecular weight is 755 g/mol. The Balaban J connectivity index is 0.764. The molecule has 3 unspecified atom stereocenters. The maximum atomic E-state index is 13.2. The molecule has 3 atom stereocenters. The van der Waals surface area contributed by atoms with Crippen LogP contribution in [0.25, 0.3) is 0 Å². The molecule has 0 radical (unpaired) electrons. The maximum absolute atomic E-state index is 13.2. The molecule has 3 amide bonds. The summed E-state index contributed by atoms with van der Waals surface area (Å²) in [5.74, 6) is 1.00. The van der Waals surface area contributed by atoms with Crippen molar-refractivity contribution in [3.05, 3.63) is 124 Å². The molecular weight excluding hydrogens is 705 g/mol. The smallest absolute Gasteiger partial charge is 0.255 e. The van der Waals surface area contributed by atoms with Crippen LogP contribution in [-0.2, 0) is 27.3 Å². The summed E-state index contributed by atoms with van der Waals surface area (Å²) in [5.41, 5.74) is 7.66. The van der Waals surface area contributed by atoms with E-state index in [9.17, 15) is 19.5 Å². The molecule has 10 heteroatoms. The van der Waals surface area contributed by atoms with Gasteiger partial charge in [-0.25, -0.2) is 0 Å². The summed E-state index contributed by atoms with van der Waals surface area (Å²) in [6.07, 6.45) is 5.41. The number of rotatable bonds is 9. The Morgan fingerprint density at radius 3 is 2.46 bits per heavy atom. The summed E-state index contributed by atoms with van der Waals surface area (Å²) in [7, 11) is 0. The van der Waals surface area contributed by atoms with Gasteiger partial charge in [0.1, 0.15) is 17.5 Å². The minimum atomic E-state index is -0.604. The minimum absolute atomic E-state index is 0.140. The van der Waals surface area contributed by atoms with Gasteiger partial charge in [-0.3, -0.25) is 24.6 Å². The second kappa shape index (κ2) is 15.4. The van der Waals surface area contributed by atoms with E-state index in [2.05, 4.69) is 81.8 Å². The molecule has 4 aromatic rings. The van der Waals surface area contributed by atoms with Gasteiger partial charge in [0, 0.05) is 62.9 Å². The lowest BCUT2D eigenvalue weighted by Gasteiger charge is -2.48. The molecule has 0 saturated carbocycles. The van der Waals surface area contributed by atoms with Gasteiger partial charge in [-0.1, -0.05) is 48.5 Å². The molecule has 4 aromatic carbocycles. The Labute approximate surface area is 328 Å². The molecule has 1 spiro atoms. The van der Waals surface area contributed by atoms with Crippen molar-refractivity contribution in [2.24, 2.45) is 0 Å². The van der Waals surface area contributed by atoms with Gasteiger partial charge in [-0.2, -0.15) is 0 Å². The molecule has 9 rings (SSSR count). The van der Waals surface area contributed by atoms with Crippen molar-refractivity contribution in [1.82, 2.24) is 15.1 Å². The Kier molecular flexibility index (Phi) is 10.0. The molecule has 1 aliphatic carbocycles. The number of carbonyl (C=O) groups excluding carboxylic acids is 3. The molecule has 290 valence electrons. The largest absolute Gasteiger partial charge is 0.508 e. The van der Waals surface area contributed by atoms with Crippen molar-refractivity contribution in [3.63, 3.8) is 0 Å². The number of aryl methyl sites for hydroxylation is 1. The summed E-state index contributed by atoms with van der Waals surface area (Å²) in [4.78, 5) is 43.8. The van der Waals surface area contributed by atoms with Crippen LogP contribution < -0.4 is 15.0 Å². The summed E-state index contributed by atoms with van der Waals surface area (Å²) in [6, 6.07) is 30.7. The number of hydrogen-bond acceptors (Lipinski definition) is 8. The zero-order valence-corrected chi connectivity index (χ0v) is 31.8. The van der Waals surface area contributed by atoms with Crippen molar-refractivity contribution in [3.8, 4) is 11.5 Å². The monoisotopic (exact) mass is 754 g/mol. The molecule has 3 fully saturated rings. The third-order valence-corrected chi connectivity index (χ3v) is 12.8. The van der Waals surface area contributed by atoms with Gasteiger partial charge in [0.15, 0.2) is 0 Å².